The number of aromatic nitrogens is 1. The Hall–Kier alpha value is -0.930. The molecule has 0 bridgehead atoms. The molecule has 0 saturated carbocycles. The summed E-state index contributed by atoms with van der Waals surface area (Å²) < 4.78 is 0. The molecule has 1 unspecified atom stereocenters. The van der Waals surface area contributed by atoms with E-state index in [0.29, 0.717) is 12.1 Å². The number of likely N-dealkylation sites (tertiary alicyclic amines) is 1. The van der Waals surface area contributed by atoms with E-state index in [0.717, 1.165) is 13.0 Å². The Morgan fingerprint density at radius 3 is 3.00 bits per heavy atom. The molecular weight excluding hydrogens is 162 g/mol. The first-order valence-corrected chi connectivity index (χ1v) is 4.63. The van der Waals surface area contributed by atoms with Crippen LogP contribution in [0.25, 0.3) is 0 Å². The van der Waals surface area contributed by atoms with Crippen molar-refractivity contribution in [3.05, 3.63) is 30.1 Å². The lowest BCUT2D eigenvalue weighted by Crippen LogP contribution is -2.24. The number of pyridine rings is 1. The minimum Gasteiger partial charge on any atom is -0.326 e. The molecule has 2 atom stereocenters. The molecule has 1 aliphatic rings. The lowest BCUT2D eigenvalue weighted by Gasteiger charge is -2.18. The van der Waals surface area contributed by atoms with E-state index in [1.807, 2.05) is 12.3 Å². The molecule has 1 aliphatic heterocycles. The largest absolute Gasteiger partial charge is 0.326 e. The van der Waals surface area contributed by atoms with Gasteiger partial charge in [0.2, 0.25) is 0 Å². The molecule has 1 aromatic heterocycles. The Kier molecular flexibility index (Phi) is 2.29. The summed E-state index contributed by atoms with van der Waals surface area (Å²) in [4.78, 5) is 6.41. The van der Waals surface area contributed by atoms with Gasteiger partial charge in [0.05, 0.1) is 0 Å². The second-order valence-corrected chi connectivity index (χ2v) is 3.74. The summed E-state index contributed by atoms with van der Waals surface area (Å²) in [5.74, 6) is 0. The molecule has 1 aromatic rings. The minimum absolute atomic E-state index is 0.315. The third-order valence-corrected chi connectivity index (χ3v) is 2.65. The van der Waals surface area contributed by atoms with Gasteiger partial charge in [0.1, 0.15) is 0 Å². The van der Waals surface area contributed by atoms with Crippen molar-refractivity contribution in [3.63, 3.8) is 0 Å². The second-order valence-electron chi connectivity index (χ2n) is 3.74. The molecule has 3 nitrogen and oxygen atoms in total. The molecule has 2 rings (SSSR count). The third kappa shape index (κ3) is 1.71. The molecular formula is C10H15N3. The summed E-state index contributed by atoms with van der Waals surface area (Å²) in [7, 11) is 2.12. The third-order valence-electron chi connectivity index (χ3n) is 2.65. The van der Waals surface area contributed by atoms with Crippen LogP contribution in [0.15, 0.2) is 24.5 Å². The van der Waals surface area contributed by atoms with Crippen LogP contribution in [0.3, 0.4) is 0 Å². The highest BCUT2D eigenvalue weighted by atomic mass is 15.2. The zero-order valence-corrected chi connectivity index (χ0v) is 7.85. The van der Waals surface area contributed by atoms with Crippen molar-refractivity contribution in [1.29, 1.82) is 0 Å². The quantitative estimate of drug-likeness (QED) is 0.689. The van der Waals surface area contributed by atoms with E-state index < -0.39 is 0 Å². The molecule has 1 fully saturated rings. The van der Waals surface area contributed by atoms with Gasteiger partial charge < -0.3 is 5.73 Å². The molecule has 13 heavy (non-hydrogen) atoms. The Morgan fingerprint density at radius 2 is 2.46 bits per heavy atom. The van der Waals surface area contributed by atoms with E-state index in [2.05, 4.69) is 23.0 Å². The first-order chi connectivity index (χ1) is 6.27. The fourth-order valence-corrected chi connectivity index (χ4v) is 2.00. The monoisotopic (exact) mass is 177 g/mol. The molecule has 2 N–H and O–H groups in total. The lowest BCUT2D eigenvalue weighted by molar-refractivity contribution is 0.316. The molecule has 3 heteroatoms. The van der Waals surface area contributed by atoms with Crippen molar-refractivity contribution >= 4 is 0 Å². The van der Waals surface area contributed by atoms with E-state index in [-0.39, 0.29) is 0 Å². The van der Waals surface area contributed by atoms with Crippen LogP contribution in [-0.2, 0) is 0 Å². The van der Waals surface area contributed by atoms with Crippen molar-refractivity contribution in [1.82, 2.24) is 9.88 Å². The van der Waals surface area contributed by atoms with Gasteiger partial charge in [0.15, 0.2) is 0 Å². The van der Waals surface area contributed by atoms with Crippen LogP contribution in [0.5, 0.6) is 0 Å². The van der Waals surface area contributed by atoms with E-state index >= 15 is 0 Å². The van der Waals surface area contributed by atoms with E-state index in [1.54, 1.807) is 6.20 Å². The molecule has 0 radical (unpaired) electrons. The maximum Gasteiger partial charge on any atom is 0.0376 e. The zero-order valence-electron chi connectivity index (χ0n) is 7.85. The Morgan fingerprint density at radius 1 is 1.62 bits per heavy atom. The summed E-state index contributed by atoms with van der Waals surface area (Å²) in [5, 5.41) is 0. The van der Waals surface area contributed by atoms with Gasteiger partial charge in [-0.05, 0) is 25.1 Å². The Balaban J connectivity index is 2.18. The number of hydrogen-bond acceptors (Lipinski definition) is 3. The minimum atomic E-state index is 0.315. The number of nitrogens with two attached hydrogens (primary N) is 1. The average Bonchev–Trinajstić information content (AvgIpc) is 2.47. The molecule has 0 amide bonds. The summed E-state index contributed by atoms with van der Waals surface area (Å²) in [5.41, 5.74) is 7.17. The maximum absolute atomic E-state index is 5.89. The van der Waals surface area contributed by atoms with Crippen molar-refractivity contribution in [2.45, 2.75) is 18.5 Å². The van der Waals surface area contributed by atoms with Crippen LogP contribution in [0.4, 0.5) is 0 Å². The molecule has 2 heterocycles. The van der Waals surface area contributed by atoms with Crippen LogP contribution in [0.2, 0.25) is 0 Å². The van der Waals surface area contributed by atoms with Gasteiger partial charge in [-0.25, -0.2) is 0 Å². The number of nitrogens with zero attached hydrogens (tertiary/aromatic N) is 2. The number of rotatable bonds is 1. The Bertz CT molecular complexity index is 273. The van der Waals surface area contributed by atoms with Gasteiger partial charge >= 0.3 is 0 Å². The standard InChI is InChI=1S/C10H15N3/c1-13-7-9(11)5-10(13)8-3-2-4-12-6-8/h2-4,6,9-10H,5,7,11H2,1H3/t9?,10-/m0/s1. The lowest BCUT2D eigenvalue weighted by atomic mass is 10.1. The highest BCUT2D eigenvalue weighted by Gasteiger charge is 2.27. The molecule has 1 saturated heterocycles. The smallest absolute Gasteiger partial charge is 0.0376 e. The van der Waals surface area contributed by atoms with Crippen LogP contribution in [0, 0.1) is 0 Å². The van der Waals surface area contributed by atoms with E-state index in [1.165, 1.54) is 5.56 Å². The van der Waals surface area contributed by atoms with Crippen molar-refractivity contribution in [2.75, 3.05) is 13.6 Å². The topological polar surface area (TPSA) is 42.1 Å². The van der Waals surface area contributed by atoms with Gasteiger partial charge in [0.25, 0.3) is 0 Å². The van der Waals surface area contributed by atoms with Crippen LogP contribution < -0.4 is 5.73 Å². The van der Waals surface area contributed by atoms with Crippen molar-refractivity contribution in [3.8, 4) is 0 Å². The summed E-state index contributed by atoms with van der Waals surface area (Å²) in [6.45, 7) is 0.986. The summed E-state index contributed by atoms with van der Waals surface area (Å²) >= 11 is 0. The van der Waals surface area contributed by atoms with Crippen LogP contribution in [0.1, 0.15) is 18.0 Å². The fourth-order valence-electron chi connectivity index (χ4n) is 2.00. The van der Waals surface area contributed by atoms with Gasteiger partial charge in [-0.2, -0.15) is 0 Å². The van der Waals surface area contributed by atoms with Gasteiger partial charge in [-0.15, -0.1) is 0 Å². The van der Waals surface area contributed by atoms with Gasteiger partial charge in [0, 0.05) is 31.0 Å². The summed E-state index contributed by atoms with van der Waals surface area (Å²) in [6.07, 6.45) is 4.78. The van der Waals surface area contributed by atoms with Crippen molar-refractivity contribution < 1.29 is 0 Å². The normalized spacial score (nSPS) is 29.4. The van der Waals surface area contributed by atoms with E-state index in [4.69, 9.17) is 5.73 Å². The first kappa shape index (κ1) is 8.66. The summed E-state index contributed by atoms with van der Waals surface area (Å²) in [6, 6.07) is 4.87. The second kappa shape index (κ2) is 3.44. The average molecular weight is 177 g/mol. The SMILES string of the molecule is CN1CC(N)C[C@H]1c1cccnc1. The molecule has 0 spiro atoms. The van der Waals surface area contributed by atoms with Crippen molar-refractivity contribution in [2.24, 2.45) is 5.73 Å². The molecule has 0 aromatic carbocycles. The van der Waals surface area contributed by atoms with Crippen LogP contribution >= 0.6 is 0 Å². The Labute approximate surface area is 78.6 Å². The maximum atomic E-state index is 5.89. The highest BCUT2D eigenvalue weighted by molar-refractivity contribution is 5.16. The molecule has 0 aliphatic carbocycles. The fraction of sp³-hybridized carbons (Fsp3) is 0.500. The predicted octanol–water partition coefficient (Wildman–Crippen LogP) is 0.785. The van der Waals surface area contributed by atoms with Crippen LogP contribution in [-0.4, -0.2) is 29.5 Å². The van der Waals surface area contributed by atoms with Gasteiger partial charge in [-0.1, -0.05) is 6.07 Å². The number of likely N-dealkylation sites (N-methyl/N-ethyl adjacent to an activating group) is 1. The predicted molar refractivity (Wildman–Crippen MR) is 52.2 cm³/mol. The van der Waals surface area contributed by atoms with E-state index in [9.17, 15) is 0 Å². The highest BCUT2D eigenvalue weighted by Crippen LogP contribution is 2.28. The molecule has 70 valence electrons. The number of hydrogen-bond donors (Lipinski definition) is 1. The van der Waals surface area contributed by atoms with Gasteiger partial charge in [-0.3, -0.25) is 9.88 Å². The zero-order chi connectivity index (χ0) is 9.26. The first-order valence-electron chi connectivity index (χ1n) is 4.63.